The zero-order chi connectivity index (χ0) is 13.8. The molecule has 1 unspecified atom stereocenters. The van der Waals surface area contributed by atoms with Gasteiger partial charge in [-0.3, -0.25) is 4.79 Å². The molecule has 0 radical (unpaired) electrons. The van der Waals surface area contributed by atoms with Crippen molar-refractivity contribution in [1.29, 1.82) is 0 Å². The lowest BCUT2D eigenvalue weighted by molar-refractivity contribution is -0.121. The van der Waals surface area contributed by atoms with Gasteiger partial charge in [0.15, 0.2) is 0 Å². The van der Waals surface area contributed by atoms with Gasteiger partial charge >= 0.3 is 0 Å². The first kappa shape index (κ1) is 15.9. The smallest absolute Gasteiger partial charge is 0.248 e. The summed E-state index contributed by atoms with van der Waals surface area (Å²) in [6.07, 6.45) is 0. The van der Waals surface area contributed by atoms with Crippen molar-refractivity contribution in [3.63, 3.8) is 0 Å². The molecule has 1 heterocycles. The summed E-state index contributed by atoms with van der Waals surface area (Å²) >= 11 is 0. The molecule has 0 spiro atoms. The van der Waals surface area contributed by atoms with Crippen LogP contribution in [0.2, 0.25) is 0 Å². The Balaban J connectivity index is 0.000000325. The van der Waals surface area contributed by atoms with Gasteiger partial charge in [0, 0.05) is 0 Å². The Morgan fingerprint density at radius 1 is 1.29 bits per heavy atom. The van der Waals surface area contributed by atoms with Crippen LogP contribution in [0.3, 0.4) is 0 Å². The molecule has 0 aromatic heterocycles. The van der Waals surface area contributed by atoms with Gasteiger partial charge in [0.2, 0.25) is 15.9 Å². The number of carbonyl (C=O) groups is 1. The minimum Gasteiger partial charge on any atom is -0.360 e. The largest absolute Gasteiger partial charge is 0.360 e. The van der Waals surface area contributed by atoms with E-state index >= 15 is 0 Å². The van der Waals surface area contributed by atoms with E-state index < -0.39 is 15.3 Å². The topological polar surface area (TPSA) is 101 Å². The van der Waals surface area contributed by atoms with Crippen LogP contribution in [0.4, 0.5) is 0 Å². The molecule has 1 amide bonds. The number of primary sulfonamides is 1. The van der Waals surface area contributed by atoms with Gasteiger partial charge in [-0.25, -0.2) is 13.6 Å². The fourth-order valence-corrected chi connectivity index (χ4v) is 0.985. The van der Waals surface area contributed by atoms with Crippen LogP contribution < -0.4 is 15.8 Å². The summed E-state index contributed by atoms with van der Waals surface area (Å²) in [5, 5.41) is 9.75. The molecule has 0 aromatic carbocycles. The van der Waals surface area contributed by atoms with E-state index in [0.717, 1.165) is 0 Å². The van der Waals surface area contributed by atoms with E-state index in [1.165, 1.54) is 13.8 Å². The molecule has 4 N–H and O–H groups in total. The van der Waals surface area contributed by atoms with Crippen molar-refractivity contribution in [3.05, 3.63) is 12.4 Å². The first-order valence-electron chi connectivity index (χ1n) is 5.33. The van der Waals surface area contributed by atoms with Crippen molar-refractivity contribution in [2.75, 3.05) is 0 Å². The third-order valence-corrected chi connectivity index (χ3v) is 3.52. The van der Waals surface area contributed by atoms with Crippen molar-refractivity contribution in [3.8, 4) is 0 Å². The highest BCUT2D eigenvalue weighted by Gasteiger charge is 2.28. The van der Waals surface area contributed by atoms with Crippen LogP contribution in [-0.4, -0.2) is 25.6 Å². The summed E-state index contributed by atoms with van der Waals surface area (Å²) in [6, 6.07) is -0.0903. The minimum atomic E-state index is -3.24. The first-order valence-corrected chi connectivity index (χ1v) is 6.94. The highest BCUT2D eigenvalue weighted by molar-refractivity contribution is 7.89. The van der Waals surface area contributed by atoms with Gasteiger partial charge in [-0.05, 0) is 19.8 Å². The quantitative estimate of drug-likeness (QED) is 0.646. The Labute approximate surface area is 103 Å². The second-order valence-corrected chi connectivity index (χ2v) is 6.59. The highest BCUT2D eigenvalue weighted by atomic mass is 32.2. The number of carbonyl (C=O) groups excluding carboxylic acids is 1. The number of hydrogen-bond acceptors (Lipinski definition) is 4. The van der Waals surface area contributed by atoms with E-state index in [2.05, 4.69) is 22.4 Å². The lowest BCUT2D eigenvalue weighted by Crippen LogP contribution is -2.33. The van der Waals surface area contributed by atoms with Crippen LogP contribution in [0.25, 0.3) is 0 Å². The molecule has 7 heteroatoms. The second kappa shape index (κ2) is 6.02. The van der Waals surface area contributed by atoms with Crippen molar-refractivity contribution in [1.82, 2.24) is 10.6 Å². The molecule has 17 heavy (non-hydrogen) atoms. The standard InChI is InChI=1S/C7H12N2O.C3H9NO2S/c1-4(2)6-7(10)9-5(3)8-6;1-3(2)7(4,5)6/h4,6,8H,3H2,1-2H3,(H,9,10);3H,1-2H3,(H2,4,5,6). The Hall–Kier alpha value is -1.08. The molecule has 0 aliphatic carbocycles. The Bertz CT molecular complexity index is 388. The van der Waals surface area contributed by atoms with E-state index in [1.54, 1.807) is 0 Å². The summed E-state index contributed by atoms with van der Waals surface area (Å²) in [4.78, 5) is 11.0. The number of rotatable bonds is 2. The van der Waals surface area contributed by atoms with Crippen LogP contribution in [-0.2, 0) is 14.8 Å². The lowest BCUT2D eigenvalue weighted by atomic mass is 10.1. The van der Waals surface area contributed by atoms with Gasteiger partial charge in [-0.1, -0.05) is 20.4 Å². The molecule has 100 valence electrons. The summed E-state index contributed by atoms with van der Waals surface area (Å²) in [5.41, 5.74) is 0. The fourth-order valence-electron chi connectivity index (χ4n) is 0.985. The molecule has 6 nitrogen and oxygen atoms in total. The van der Waals surface area contributed by atoms with Crippen molar-refractivity contribution in [2.45, 2.75) is 39.0 Å². The predicted molar refractivity (Wildman–Crippen MR) is 67.3 cm³/mol. The fraction of sp³-hybridized carbons (Fsp3) is 0.700. The summed E-state index contributed by atoms with van der Waals surface area (Å²) < 4.78 is 20.2. The summed E-state index contributed by atoms with van der Waals surface area (Å²) in [5.74, 6) is 0.961. The third-order valence-electron chi connectivity index (χ3n) is 2.21. The molecule has 1 atom stereocenters. The van der Waals surface area contributed by atoms with Gasteiger partial charge in [-0.15, -0.1) is 0 Å². The van der Waals surface area contributed by atoms with E-state index in [4.69, 9.17) is 0 Å². The third kappa shape index (κ3) is 5.69. The van der Waals surface area contributed by atoms with Crippen LogP contribution in [0, 0.1) is 5.92 Å². The van der Waals surface area contributed by atoms with Gasteiger partial charge in [0.1, 0.15) is 6.04 Å². The van der Waals surface area contributed by atoms with E-state index in [-0.39, 0.29) is 11.9 Å². The summed E-state index contributed by atoms with van der Waals surface area (Å²) in [6.45, 7) is 10.7. The van der Waals surface area contributed by atoms with Gasteiger partial charge < -0.3 is 10.6 Å². The number of hydrogen-bond donors (Lipinski definition) is 3. The van der Waals surface area contributed by atoms with Crippen molar-refractivity contribution in [2.24, 2.45) is 11.1 Å². The number of nitrogens with one attached hydrogen (secondary N) is 2. The van der Waals surface area contributed by atoms with E-state index in [0.29, 0.717) is 11.7 Å². The Kier molecular flexibility index (Phi) is 5.63. The predicted octanol–water partition coefficient (Wildman–Crippen LogP) is -0.115. The van der Waals surface area contributed by atoms with Crippen LogP contribution in [0.1, 0.15) is 27.7 Å². The SMILES string of the molecule is C=C1NC(=O)C(C(C)C)N1.CC(C)S(N)(=O)=O. The lowest BCUT2D eigenvalue weighted by Gasteiger charge is -2.10. The molecular formula is C10H21N3O3S. The van der Waals surface area contributed by atoms with Crippen LogP contribution in [0.5, 0.6) is 0 Å². The Morgan fingerprint density at radius 2 is 1.71 bits per heavy atom. The van der Waals surface area contributed by atoms with E-state index in [9.17, 15) is 13.2 Å². The number of sulfonamides is 1. The average Bonchev–Trinajstić information content (AvgIpc) is 2.44. The summed E-state index contributed by atoms with van der Waals surface area (Å²) in [7, 11) is -3.24. The maximum Gasteiger partial charge on any atom is 0.248 e. The average molecular weight is 263 g/mol. The molecule has 1 aliphatic rings. The number of amides is 1. The maximum absolute atomic E-state index is 11.0. The Morgan fingerprint density at radius 3 is 1.82 bits per heavy atom. The van der Waals surface area contributed by atoms with Gasteiger partial charge in [0.25, 0.3) is 0 Å². The molecule has 1 fully saturated rings. The van der Waals surface area contributed by atoms with Gasteiger partial charge in [-0.2, -0.15) is 0 Å². The minimum absolute atomic E-state index is 0.0278. The normalized spacial score (nSPS) is 19.8. The molecule has 0 aromatic rings. The van der Waals surface area contributed by atoms with Crippen molar-refractivity contribution >= 4 is 15.9 Å². The molecule has 1 rings (SSSR count). The molecule has 1 saturated heterocycles. The van der Waals surface area contributed by atoms with Gasteiger partial charge in [0.05, 0.1) is 11.1 Å². The monoisotopic (exact) mass is 263 g/mol. The molecule has 0 saturated carbocycles. The van der Waals surface area contributed by atoms with E-state index in [1.807, 2.05) is 13.8 Å². The zero-order valence-corrected chi connectivity index (χ0v) is 11.5. The first-order chi connectivity index (χ1) is 7.55. The highest BCUT2D eigenvalue weighted by Crippen LogP contribution is 2.07. The number of nitrogens with two attached hydrogens (primary N) is 1. The zero-order valence-electron chi connectivity index (χ0n) is 10.6. The maximum atomic E-state index is 11.0. The van der Waals surface area contributed by atoms with Crippen LogP contribution in [0.15, 0.2) is 12.4 Å². The second-order valence-electron chi connectivity index (χ2n) is 4.47. The molecule has 1 aliphatic heterocycles. The van der Waals surface area contributed by atoms with Crippen molar-refractivity contribution < 1.29 is 13.2 Å². The van der Waals surface area contributed by atoms with Crippen LogP contribution >= 0.6 is 0 Å². The molecule has 0 bridgehead atoms. The molecular weight excluding hydrogens is 242 g/mol.